The molecule has 0 unspecified atom stereocenters. The molecule has 0 amide bonds. The molecule has 0 aromatic heterocycles. The molecule has 0 aliphatic carbocycles. The van der Waals surface area contributed by atoms with Crippen molar-refractivity contribution in [3.63, 3.8) is 0 Å². The molecule has 1 aromatic carbocycles. The summed E-state index contributed by atoms with van der Waals surface area (Å²) in [6, 6.07) is 8.64. The smallest absolute Gasteiger partial charge is 0.0205 e. The van der Waals surface area contributed by atoms with E-state index in [9.17, 15) is 0 Å². The molecule has 1 N–H and O–H groups in total. The van der Waals surface area contributed by atoms with Gasteiger partial charge in [0.1, 0.15) is 0 Å². The predicted octanol–water partition coefficient (Wildman–Crippen LogP) is 3.77. The van der Waals surface area contributed by atoms with Gasteiger partial charge >= 0.3 is 0 Å². The van der Waals surface area contributed by atoms with Crippen LogP contribution in [-0.2, 0) is 6.54 Å². The topological polar surface area (TPSA) is 12.0 Å². The van der Waals surface area contributed by atoms with Crippen molar-refractivity contribution < 1.29 is 0 Å². The summed E-state index contributed by atoms with van der Waals surface area (Å²) in [4.78, 5) is 0. The molecular formula is C14H25N. The second-order valence-electron chi connectivity index (χ2n) is 4.01. The lowest BCUT2D eigenvalue weighted by Crippen LogP contribution is -2.18. The fourth-order valence-corrected chi connectivity index (χ4v) is 1.33. The Morgan fingerprint density at radius 1 is 1.20 bits per heavy atom. The van der Waals surface area contributed by atoms with E-state index in [2.05, 4.69) is 50.4 Å². The van der Waals surface area contributed by atoms with Crippen LogP contribution in [0.3, 0.4) is 0 Å². The van der Waals surface area contributed by atoms with Crippen LogP contribution in [0, 0.1) is 12.8 Å². The van der Waals surface area contributed by atoms with Crippen LogP contribution in [0.1, 0.15) is 38.8 Å². The van der Waals surface area contributed by atoms with E-state index in [1.807, 2.05) is 13.8 Å². The highest BCUT2D eigenvalue weighted by atomic mass is 14.8. The van der Waals surface area contributed by atoms with Crippen LogP contribution in [0.2, 0.25) is 0 Å². The third kappa shape index (κ3) is 7.15. The summed E-state index contributed by atoms with van der Waals surface area (Å²) in [6.07, 6.45) is 0. The van der Waals surface area contributed by atoms with Gasteiger partial charge in [-0.2, -0.15) is 0 Å². The highest BCUT2D eigenvalue weighted by Gasteiger charge is 1.94. The molecule has 0 spiro atoms. The molecule has 0 saturated carbocycles. The van der Waals surface area contributed by atoms with Gasteiger partial charge in [0.05, 0.1) is 0 Å². The Balaban J connectivity index is 0.000000921. The van der Waals surface area contributed by atoms with Crippen LogP contribution >= 0.6 is 0 Å². The Morgan fingerprint density at radius 2 is 1.87 bits per heavy atom. The van der Waals surface area contributed by atoms with Crippen LogP contribution in [0.15, 0.2) is 24.3 Å². The van der Waals surface area contributed by atoms with Crippen molar-refractivity contribution in [3.8, 4) is 0 Å². The van der Waals surface area contributed by atoms with Crippen molar-refractivity contribution in [1.29, 1.82) is 0 Å². The summed E-state index contributed by atoms with van der Waals surface area (Å²) in [7, 11) is 0. The minimum Gasteiger partial charge on any atom is -0.312 e. The van der Waals surface area contributed by atoms with Crippen LogP contribution in [0.4, 0.5) is 0 Å². The van der Waals surface area contributed by atoms with Crippen molar-refractivity contribution in [1.82, 2.24) is 5.32 Å². The Hall–Kier alpha value is -0.820. The van der Waals surface area contributed by atoms with E-state index in [1.165, 1.54) is 11.1 Å². The molecule has 86 valence electrons. The molecule has 0 saturated heterocycles. The average Bonchev–Trinajstić information content (AvgIpc) is 2.20. The minimum absolute atomic E-state index is 0.727. The van der Waals surface area contributed by atoms with Gasteiger partial charge in [-0.3, -0.25) is 0 Å². The summed E-state index contributed by atoms with van der Waals surface area (Å²) in [5.41, 5.74) is 2.71. The number of rotatable bonds is 4. The molecule has 0 radical (unpaired) electrons. The number of benzene rings is 1. The normalized spacial score (nSPS) is 9.73. The standard InChI is InChI=1S/C12H19N.C2H6/c1-10(2)8-13-9-12-6-4-5-11(3)7-12;1-2/h4-7,10,13H,8-9H2,1-3H3;1-2H3. The Kier molecular flexibility index (Phi) is 8.02. The van der Waals surface area contributed by atoms with Crippen molar-refractivity contribution in [2.75, 3.05) is 6.54 Å². The second-order valence-corrected chi connectivity index (χ2v) is 4.01. The van der Waals surface area contributed by atoms with Crippen LogP contribution in [-0.4, -0.2) is 6.54 Å². The average molecular weight is 207 g/mol. The maximum atomic E-state index is 3.43. The Labute approximate surface area is 94.9 Å². The van der Waals surface area contributed by atoms with E-state index < -0.39 is 0 Å². The van der Waals surface area contributed by atoms with E-state index >= 15 is 0 Å². The lowest BCUT2D eigenvalue weighted by molar-refractivity contribution is 0.552. The number of hydrogen-bond donors (Lipinski definition) is 1. The largest absolute Gasteiger partial charge is 0.312 e. The van der Waals surface area contributed by atoms with Crippen molar-refractivity contribution in [2.45, 2.75) is 41.2 Å². The van der Waals surface area contributed by atoms with E-state index in [1.54, 1.807) is 0 Å². The van der Waals surface area contributed by atoms with Gasteiger partial charge in [0.25, 0.3) is 0 Å². The van der Waals surface area contributed by atoms with Gasteiger partial charge in [-0.15, -0.1) is 0 Å². The first kappa shape index (κ1) is 14.2. The van der Waals surface area contributed by atoms with Gasteiger partial charge < -0.3 is 5.32 Å². The number of nitrogens with one attached hydrogen (secondary N) is 1. The quantitative estimate of drug-likeness (QED) is 0.792. The Bertz CT molecular complexity index is 253. The molecule has 15 heavy (non-hydrogen) atoms. The molecule has 0 heterocycles. The van der Waals surface area contributed by atoms with E-state index in [-0.39, 0.29) is 0 Å². The van der Waals surface area contributed by atoms with Crippen molar-refractivity contribution in [3.05, 3.63) is 35.4 Å². The van der Waals surface area contributed by atoms with Gasteiger partial charge in [-0.05, 0) is 24.9 Å². The monoisotopic (exact) mass is 207 g/mol. The van der Waals surface area contributed by atoms with Crippen LogP contribution in [0.5, 0.6) is 0 Å². The second kappa shape index (κ2) is 8.49. The molecule has 0 aliphatic heterocycles. The maximum Gasteiger partial charge on any atom is 0.0205 e. The third-order valence-corrected chi connectivity index (χ3v) is 1.96. The highest BCUT2D eigenvalue weighted by molar-refractivity contribution is 5.21. The first-order valence-corrected chi connectivity index (χ1v) is 5.94. The maximum absolute atomic E-state index is 3.43. The highest BCUT2D eigenvalue weighted by Crippen LogP contribution is 2.03. The van der Waals surface area contributed by atoms with Crippen molar-refractivity contribution >= 4 is 0 Å². The first-order valence-electron chi connectivity index (χ1n) is 5.94. The first-order chi connectivity index (χ1) is 7.18. The predicted molar refractivity (Wildman–Crippen MR) is 69.1 cm³/mol. The summed E-state index contributed by atoms with van der Waals surface area (Å²) >= 11 is 0. The number of hydrogen-bond acceptors (Lipinski definition) is 1. The molecule has 0 bridgehead atoms. The molecule has 1 aromatic rings. The van der Waals surface area contributed by atoms with Gasteiger partial charge in [-0.1, -0.05) is 57.5 Å². The lowest BCUT2D eigenvalue weighted by atomic mass is 10.1. The zero-order valence-electron chi connectivity index (χ0n) is 10.8. The number of aryl methyl sites for hydroxylation is 1. The summed E-state index contributed by atoms with van der Waals surface area (Å²) in [5, 5.41) is 3.43. The van der Waals surface area contributed by atoms with Gasteiger partial charge in [-0.25, -0.2) is 0 Å². The molecule has 0 atom stereocenters. The Morgan fingerprint density at radius 3 is 2.40 bits per heavy atom. The summed E-state index contributed by atoms with van der Waals surface area (Å²) in [5.74, 6) is 0.727. The van der Waals surface area contributed by atoms with Gasteiger partial charge in [0.15, 0.2) is 0 Å². The van der Waals surface area contributed by atoms with Gasteiger partial charge in [0.2, 0.25) is 0 Å². The third-order valence-electron chi connectivity index (χ3n) is 1.96. The molecule has 1 heteroatoms. The molecule has 1 nitrogen and oxygen atoms in total. The minimum atomic E-state index is 0.727. The van der Waals surface area contributed by atoms with Crippen molar-refractivity contribution in [2.24, 2.45) is 5.92 Å². The SMILES string of the molecule is CC.Cc1cccc(CNCC(C)C)c1. The zero-order valence-corrected chi connectivity index (χ0v) is 10.8. The summed E-state index contributed by atoms with van der Waals surface area (Å²) in [6.45, 7) is 12.7. The van der Waals surface area contributed by atoms with E-state index in [4.69, 9.17) is 0 Å². The van der Waals surface area contributed by atoms with Gasteiger partial charge in [0, 0.05) is 6.54 Å². The van der Waals surface area contributed by atoms with E-state index in [0.29, 0.717) is 0 Å². The fraction of sp³-hybridized carbons (Fsp3) is 0.571. The lowest BCUT2D eigenvalue weighted by Gasteiger charge is -2.07. The van der Waals surface area contributed by atoms with Crippen LogP contribution in [0.25, 0.3) is 0 Å². The van der Waals surface area contributed by atoms with E-state index in [0.717, 1.165) is 19.0 Å². The molecular weight excluding hydrogens is 182 g/mol. The van der Waals surface area contributed by atoms with Crippen LogP contribution < -0.4 is 5.32 Å². The molecule has 0 aliphatic rings. The zero-order chi connectivity index (χ0) is 11.7. The molecule has 0 fully saturated rings. The summed E-state index contributed by atoms with van der Waals surface area (Å²) < 4.78 is 0. The molecule has 1 rings (SSSR count). The fourth-order valence-electron chi connectivity index (χ4n) is 1.33.